The highest BCUT2D eigenvalue weighted by Gasteiger charge is 2.23. The van der Waals surface area contributed by atoms with Crippen LogP contribution in [0.1, 0.15) is 19.4 Å². The zero-order valence-corrected chi connectivity index (χ0v) is 15.5. The number of rotatable bonds is 8. The number of hydrogen-bond acceptors (Lipinski definition) is 8. The number of carbonyl (C=O) groups is 1. The maximum Gasteiger partial charge on any atom is 0.510 e. The topological polar surface area (TPSA) is 113 Å². The smallest absolute Gasteiger partial charge is 0.465 e. The Morgan fingerprint density at radius 2 is 1.96 bits per heavy atom. The normalized spacial score (nSPS) is 13.4. The molecular weight excluding hydrogens is 365 g/mol. The van der Waals surface area contributed by atoms with Crippen molar-refractivity contribution in [1.82, 2.24) is 4.98 Å². The lowest BCUT2D eigenvalue weighted by Gasteiger charge is -2.14. The number of fused-ring (bicyclic) bond motifs is 1. The van der Waals surface area contributed by atoms with Crippen LogP contribution in [0, 0.1) is 6.92 Å². The molecule has 0 amide bonds. The van der Waals surface area contributed by atoms with Gasteiger partial charge < -0.3 is 19.1 Å². The van der Waals surface area contributed by atoms with E-state index in [0.29, 0.717) is 11.3 Å². The lowest BCUT2D eigenvalue weighted by molar-refractivity contribution is -0.0254. The summed E-state index contributed by atoms with van der Waals surface area (Å²) in [7, 11) is -4.47. The summed E-state index contributed by atoms with van der Waals surface area (Å²) in [5.41, 5.74) is 1.62. The van der Waals surface area contributed by atoms with Gasteiger partial charge in [-0.1, -0.05) is 12.1 Å². The van der Waals surface area contributed by atoms with Crippen molar-refractivity contribution in [2.75, 3.05) is 13.6 Å². The largest absolute Gasteiger partial charge is 0.510 e. The summed E-state index contributed by atoms with van der Waals surface area (Å²) in [6.07, 6.45) is 0.211. The van der Waals surface area contributed by atoms with Crippen LogP contribution in [-0.4, -0.2) is 35.7 Å². The minimum Gasteiger partial charge on any atom is -0.465 e. The number of ether oxygens (including phenoxy) is 3. The van der Waals surface area contributed by atoms with E-state index in [2.05, 4.69) is 23.5 Å². The Morgan fingerprint density at radius 3 is 2.69 bits per heavy atom. The molecule has 0 radical (unpaired) electrons. The van der Waals surface area contributed by atoms with Gasteiger partial charge >= 0.3 is 14.0 Å². The third kappa shape index (κ3) is 5.96. The molecule has 0 saturated carbocycles. The monoisotopic (exact) mass is 385 g/mol. The lowest BCUT2D eigenvalue weighted by atomic mass is 10.1. The first-order chi connectivity index (χ1) is 12.3. The predicted molar refractivity (Wildman–Crippen MR) is 91.5 cm³/mol. The summed E-state index contributed by atoms with van der Waals surface area (Å²) < 4.78 is 35.4. The summed E-state index contributed by atoms with van der Waals surface area (Å²) in [5, 5.41) is 0.894. The van der Waals surface area contributed by atoms with Crippen LogP contribution in [0.3, 0.4) is 0 Å². The van der Waals surface area contributed by atoms with Gasteiger partial charge in [-0.05, 0) is 38.5 Å². The van der Waals surface area contributed by atoms with Gasteiger partial charge in [0.15, 0.2) is 6.79 Å². The number of benzene rings is 1. The van der Waals surface area contributed by atoms with Crippen molar-refractivity contribution in [3.05, 3.63) is 36.0 Å². The molecule has 2 aromatic rings. The number of pyridine rings is 1. The van der Waals surface area contributed by atoms with Crippen LogP contribution in [0.5, 0.6) is 5.75 Å². The molecule has 0 saturated heterocycles. The average molecular weight is 385 g/mol. The molecule has 26 heavy (non-hydrogen) atoms. The zero-order chi connectivity index (χ0) is 19.2. The fourth-order valence-corrected chi connectivity index (χ4v) is 2.41. The zero-order valence-electron chi connectivity index (χ0n) is 14.6. The molecule has 142 valence electrons. The Hall–Kier alpha value is -2.19. The Morgan fingerprint density at radius 1 is 1.23 bits per heavy atom. The molecule has 0 bridgehead atoms. The highest BCUT2D eigenvalue weighted by molar-refractivity contribution is 7.47. The van der Waals surface area contributed by atoms with Crippen LogP contribution < -0.4 is 4.74 Å². The Labute approximate surface area is 150 Å². The summed E-state index contributed by atoms with van der Waals surface area (Å²) >= 11 is 0. The summed E-state index contributed by atoms with van der Waals surface area (Å²) in [6.45, 7) is 3.84. The molecule has 1 N–H and O–H groups in total. The van der Waals surface area contributed by atoms with Crippen molar-refractivity contribution in [2.24, 2.45) is 0 Å². The van der Waals surface area contributed by atoms with Crippen molar-refractivity contribution in [2.45, 2.75) is 26.9 Å². The summed E-state index contributed by atoms with van der Waals surface area (Å²) in [5.74, 6) is 0.392. The van der Waals surface area contributed by atoms with E-state index in [1.165, 1.54) is 0 Å². The molecule has 0 aliphatic heterocycles. The van der Waals surface area contributed by atoms with Crippen LogP contribution in [-0.2, 0) is 23.1 Å². The molecule has 0 fully saturated rings. The van der Waals surface area contributed by atoms with E-state index in [1.54, 1.807) is 32.2 Å². The van der Waals surface area contributed by atoms with Crippen LogP contribution in [0.15, 0.2) is 30.5 Å². The standard InChI is InChI=1S/C16H20NO8P/c1-11(2)25-16(18)22-10-24-26(19,20)23-9-21-14-7-6-12(3)13-5-4-8-17-15(13)14/h4-8,11H,9-10H2,1-3H3,(H,19,20). The van der Waals surface area contributed by atoms with Gasteiger partial charge in [0.25, 0.3) is 0 Å². The van der Waals surface area contributed by atoms with E-state index in [-0.39, 0.29) is 6.10 Å². The minimum atomic E-state index is -4.47. The predicted octanol–water partition coefficient (Wildman–Crippen LogP) is 3.53. The average Bonchev–Trinajstić information content (AvgIpc) is 2.56. The number of nitrogens with zero attached hydrogens (tertiary/aromatic N) is 1. The second kappa shape index (κ2) is 8.95. The van der Waals surface area contributed by atoms with E-state index < -0.39 is 27.6 Å². The molecule has 1 aromatic carbocycles. The molecule has 2 rings (SSSR count). The molecule has 1 unspecified atom stereocenters. The quantitative estimate of drug-likeness (QED) is 0.414. The first kappa shape index (κ1) is 20.1. The maximum atomic E-state index is 11.7. The molecule has 0 aliphatic rings. The molecule has 0 spiro atoms. The van der Waals surface area contributed by atoms with Crippen molar-refractivity contribution >= 4 is 24.9 Å². The van der Waals surface area contributed by atoms with Crippen molar-refractivity contribution in [1.29, 1.82) is 0 Å². The summed E-state index contributed by atoms with van der Waals surface area (Å²) in [6, 6.07) is 7.21. The van der Waals surface area contributed by atoms with Crippen LogP contribution in [0.2, 0.25) is 0 Å². The summed E-state index contributed by atoms with van der Waals surface area (Å²) in [4.78, 5) is 24.9. The lowest BCUT2D eigenvalue weighted by Crippen LogP contribution is -2.15. The Balaban J connectivity index is 1.84. The first-order valence-corrected chi connectivity index (χ1v) is 9.20. The fourth-order valence-electron chi connectivity index (χ4n) is 1.97. The molecule has 1 aromatic heterocycles. The van der Waals surface area contributed by atoms with Gasteiger partial charge in [-0.25, -0.2) is 18.4 Å². The number of hydrogen-bond donors (Lipinski definition) is 1. The highest BCUT2D eigenvalue weighted by atomic mass is 31.2. The second-order valence-electron chi connectivity index (χ2n) is 5.45. The van der Waals surface area contributed by atoms with Crippen molar-refractivity contribution < 1.29 is 37.5 Å². The minimum absolute atomic E-state index is 0.383. The van der Waals surface area contributed by atoms with Gasteiger partial charge in [0.2, 0.25) is 6.79 Å². The molecule has 1 heterocycles. The van der Waals surface area contributed by atoms with E-state index in [9.17, 15) is 14.3 Å². The number of phosphoric ester groups is 1. The SMILES string of the molecule is Cc1ccc(OCOP(=O)(O)OCOC(=O)OC(C)C)c2ncccc12. The van der Waals surface area contributed by atoms with Gasteiger partial charge in [0.1, 0.15) is 11.3 Å². The van der Waals surface area contributed by atoms with E-state index in [4.69, 9.17) is 4.74 Å². The molecule has 9 nitrogen and oxygen atoms in total. The van der Waals surface area contributed by atoms with Crippen LogP contribution in [0.4, 0.5) is 4.79 Å². The number of aryl methyl sites for hydroxylation is 1. The van der Waals surface area contributed by atoms with Gasteiger partial charge in [-0.2, -0.15) is 0 Å². The third-order valence-electron chi connectivity index (χ3n) is 3.11. The molecule has 10 heteroatoms. The Bertz CT molecular complexity index is 810. The number of phosphoric acid groups is 1. The van der Waals surface area contributed by atoms with Crippen LogP contribution in [0.25, 0.3) is 10.9 Å². The second-order valence-corrected chi connectivity index (χ2v) is 6.90. The van der Waals surface area contributed by atoms with Crippen molar-refractivity contribution in [3.63, 3.8) is 0 Å². The fraction of sp³-hybridized carbons (Fsp3) is 0.375. The van der Waals surface area contributed by atoms with Gasteiger partial charge in [-0.15, -0.1) is 0 Å². The van der Waals surface area contributed by atoms with Crippen LogP contribution >= 0.6 is 7.82 Å². The first-order valence-electron chi connectivity index (χ1n) is 7.71. The van der Waals surface area contributed by atoms with E-state index in [0.717, 1.165) is 10.9 Å². The van der Waals surface area contributed by atoms with Gasteiger partial charge in [0.05, 0.1) is 6.10 Å². The molecular formula is C16H20NO8P. The molecule has 1 atom stereocenters. The van der Waals surface area contributed by atoms with E-state index in [1.807, 2.05) is 19.1 Å². The number of carbonyl (C=O) groups excluding carboxylic acids is 1. The van der Waals surface area contributed by atoms with Crippen molar-refractivity contribution in [3.8, 4) is 5.75 Å². The maximum absolute atomic E-state index is 11.7. The third-order valence-corrected chi connectivity index (χ3v) is 3.97. The van der Waals surface area contributed by atoms with E-state index >= 15 is 0 Å². The van der Waals surface area contributed by atoms with Gasteiger partial charge in [0, 0.05) is 11.6 Å². The van der Waals surface area contributed by atoms with Gasteiger partial charge in [-0.3, -0.25) is 4.98 Å². The number of aromatic nitrogens is 1. The molecule has 0 aliphatic carbocycles. The highest BCUT2D eigenvalue weighted by Crippen LogP contribution is 2.43. The Kier molecular flexibility index (Phi) is 6.93.